The molecular weight excluding hydrogens is 571 g/mol. The minimum absolute atomic E-state index is 0.0274. The second-order valence-electron chi connectivity index (χ2n) is 7.69. The number of hydrogen-bond acceptors (Lipinski definition) is 8. The molecule has 0 spiro atoms. The first-order valence-electron chi connectivity index (χ1n) is 10.4. The first-order valence-corrected chi connectivity index (χ1v) is 13.8. The van der Waals surface area contributed by atoms with E-state index in [0.29, 0.717) is 48.5 Å². The van der Waals surface area contributed by atoms with Crippen molar-refractivity contribution in [1.82, 2.24) is 19.3 Å². The molecule has 12 heteroatoms. The number of hydrogen-bond donors (Lipinski definition) is 1. The molecule has 1 saturated heterocycles. The molecule has 10 nitrogen and oxygen atoms in total. The Balaban J connectivity index is 1.74. The van der Waals surface area contributed by atoms with Crippen LogP contribution in [0.3, 0.4) is 0 Å². The Hall–Kier alpha value is -2.97. The molecular formula is C22H19IN6O4S. The van der Waals surface area contributed by atoms with E-state index in [1.807, 2.05) is 39.3 Å². The van der Waals surface area contributed by atoms with Gasteiger partial charge in [-0.15, -0.1) is 0 Å². The number of anilines is 1. The van der Waals surface area contributed by atoms with Gasteiger partial charge in [-0.1, -0.05) is 6.07 Å². The molecule has 1 fully saturated rings. The second kappa shape index (κ2) is 9.35. The molecule has 0 aliphatic carbocycles. The number of ether oxygens (including phenoxy) is 1. The van der Waals surface area contributed by atoms with Crippen LogP contribution in [0.2, 0.25) is 0 Å². The Morgan fingerprint density at radius 3 is 2.71 bits per heavy atom. The Bertz CT molecular complexity index is 1440. The Morgan fingerprint density at radius 2 is 2.00 bits per heavy atom. The van der Waals surface area contributed by atoms with Crippen molar-refractivity contribution in [2.24, 2.45) is 0 Å². The molecule has 0 bridgehead atoms. The van der Waals surface area contributed by atoms with Crippen LogP contribution in [0.4, 0.5) is 11.4 Å². The number of rotatable bonds is 5. The fourth-order valence-electron chi connectivity index (χ4n) is 4.22. The number of carbonyl (C=O) groups excluding carboxylic acids is 1. The molecule has 1 aromatic carbocycles. The number of nitro groups is 1. The summed E-state index contributed by atoms with van der Waals surface area (Å²) in [5.74, 6) is -0.219. The van der Waals surface area contributed by atoms with Crippen LogP contribution in [-0.4, -0.2) is 58.1 Å². The molecule has 1 aliphatic heterocycles. The van der Waals surface area contributed by atoms with Gasteiger partial charge in [0.15, 0.2) is 5.65 Å². The van der Waals surface area contributed by atoms with E-state index >= 15 is 0 Å². The Morgan fingerprint density at radius 1 is 1.21 bits per heavy atom. The van der Waals surface area contributed by atoms with Crippen molar-refractivity contribution in [1.29, 1.82) is 0 Å². The first kappa shape index (κ1) is 22.8. The van der Waals surface area contributed by atoms with E-state index in [9.17, 15) is 14.9 Å². The second-order valence-corrected chi connectivity index (χ2v) is 9.41. The lowest BCUT2D eigenvalue weighted by Crippen LogP contribution is -2.36. The average molecular weight is 590 g/mol. The summed E-state index contributed by atoms with van der Waals surface area (Å²) in [6, 6.07) is 7.56. The number of nitrogens with one attached hydrogen (secondary N) is 1. The lowest BCUT2D eigenvalue weighted by atomic mass is 10.0. The number of aromatic nitrogens is 3. The Kier molecular flexibility index (Phi) is 6.27. The van der Waals surface area contributed by atoms with Gasteiger partial charge in [0.2, 0.25) is 0 Å². The number of fused-ring (bicyclic) bond motifs is 2. The molecule has 5 rings (SSSR count). The molecule has 34 heavy (non-hydrogen) atoms. The first-order chi connectivity index (χ1) is 16.5. The fraction of sp³-hybridized carbons (Fsp3) is 0.227. The molecule has 174 valence electrons. The van der Waals surface area contributed by atoms with Crippen molar-refractivity contribution in [3.63, 3.8) is 0 Å². The van der Waals surface area contributed by atoms with E-state index in [1.54, 1.807) is 13.2 Å². The van der Waals surface area contributed by atoms with Crippen molar-refractivity contribution in [3.05, 3.63) is 58.5 Å². The number of pyridine rings is 2. The van der Waals surface area contributed by atoms with Crippen LogP contribution in [0.25, 0.3) is 33.1 Å². The number of carbonyl (C=O) groups is 1. The van der Waals surface area contributed by atoms with Crippen molar-refractivity contribution in [3.8, 4) is 11.1 Å². The highest BCUT2D eigenvalue weighted by Gasteiger charge is 2.25. The molecule has 4 aromatic rings. The summed E-state index contributed by atoms with van der Waals surface area (Å²) in [5, 5.41) is 16.0. The number of morpholine rings is 1. The van der Waals surface area contributed by atoms with Crippen LogP contribution in [-0.2, 0) is 4.74 Å². The van der Waals surface area contributed by atoms with Gasteiger partial charge >= 0.3 is 5.69 Å². The van der Waals surface area contributed by atoms with Crippen LogP contribution in [0.1, 0.15) is 10.4 Å². The van der Waals surface area contributed by atoms with Crippen LogP contribution >= 0.6 is 30.3 Å². The van der Waals surface area contributed by atoms with Gasteiger partial charge in [-0.2, -0.15) is 0 Å². The largest absolute Gasteiger partial charge is 0.378 e. The molecule has 0 saturated carbocycles. The topological polar surface area (TPSA) is 115 Å². The Labute approximate surface area is 210 Å². The third-order valence-electron chi connectivity index (χ3n) is 5.83. The maximum atomic E-state index is 12.2. The van der Waals surface area contributed by atoms with Gasteiger partial charge in [-0.3, -0.25) is 18.9 Å². The third kappa shape index (κ3) is 3.95. The van der Waals surface area contributed by atoms with E-state index in [-0.39, 0.29) is 16.5 Å². The number of nitrogens with zero attached hydrogens (tertiary/aromatic N) is 5. The van der Waals surface area contributed by atoms with E-state index in [0.717, 1.165) is 22.2 Å². The van der Waals surface area contributed by atoms with Crippen LogP contribution in [0.5, 0.6) is 0 Å². The molecule has 1 aliphatic rings. The number of benzene rings is 1. The highest BCUT2D eigenvalue weighted by atomic mass is 127. The highest BCUT2D eigenvalue weighted by molar-refractivity contribution is 14.2. The third-order valence-corrected chi connectivity index (χ3v) is 7.53. The monoisotopic (exact) mass is 590 g/mol. The van der Waals surface area contributed by atoms with Gasteiger partial charge in [0.05, 0.1) is 29.2 Å². The van der Waals surface area contributed by atoms with E-state index in [4.69, 9.17) is 4.74 Å². The van der Waals surface area contributed by atoms with Gasteiger partial charge < -0.3 is 15.0 Å². The summed E-state index contributed by atoms with van der Waals surface area (Å²) in [7, 11) is 3.05. The van der Waals surface area contributed by atoms with Crippen LogP contribution < -0.4 is 10.2 Å². The van der Waals surface area contributed by atoms with Crippen molar-refractivity contribution in [2.75, 3.05) is 38.3 Å². The number of amides is 1. The zero-order valence-electron chi connectivity index (χ0n) is 18.0. The number of halogens is 1. The lowest BCUT2D eigenvalue weighted by Gasteiger charge is -2.29. The molecule has 0 unspecified atom stereocenters. The smallest absolute Gasteiger partial charge is 0.311 e. The summed E-state index contributed by atoms with van der Waals surface area (Å²) < 4.78 is 7.39. The predicted octanol–water partition coefficient (Wildman–Crippen LogP) is 4.20. The predicted molar refractivity (Wildman–Crippen MR) is 141 cm³/mol. The summed E-state index contributed by atoms with van der Waals surface area (Å²) in [6.07, 6.45) is 4.84. The summed E-state index contributed by atoms with van der Waals surface area (Å²) in [4.78, 5) is 34.6. The van der Waals surface area contributed by atoms with Gasteiger partial charge in [0, 0.05) is 79.2 Å². The average Bonchev–Trinajstić information content (AvgIpc) is 3.25. The molecule has 4 heterocycles. The molecule has 3 aromatic heterocycles. The summed E-state index contributed by atoms with van der Waals surface area (Å²) in [5.41, 5.74) is 4.11. The van der Waals surface area contributed by atoms with Gasteiger partial charge in [0.1, 0.15) is 11.9 Å². The van der Waals surface area contributed by atoms with Gasteiger partial charge in [-0.25, -0.2) is 9.97 Å². The molecule has 0 radical (unpaired) electrons. The summed E-state index contributed by atoms with van der Waals surface area (Å²) >= 11 is 2.18. The van der Waals surface area contributed by atoms with E-state index in [2.05, 4.69) is 36.5 Å². The lowest BCUT2D eigenvalue weighted by molar-refractivity contribution is -0.384. The normalized spacial score (nSPS) is 14.0. The van der Waals surface area contributed by atoms with E-state index in [1.165, 1.54) is 15.3 Å². The standard InChI is InChI=1S/C22H19IN6O4S/c1-24-22(30)14-9-15-17(12-28(34-23)21(15)26-10-14)13-2-3-18-16(8-13)20(19(11-25-18)29(31)32)27-4-6-33-7-5-27/h2-3,8-12H,4-7H2,1H3,(H,24,30). The quantitative estimate of drug-likeness (QED) is 0.209. The molecule has 1 N–H and O–H groups in total. The summed E-state index contributed by atoms with van der Waals surface area (Å²) in [6.45, 7) is 2.15. The SMILES string of the molecule is CNC(=O)c1cnc2c(c1)c(-c1ccc3ncc([N+](=O)[O-])c(N4CCOCC4)c3c1)cn2SI. The van der Waals surface area contributed by atoms with Gasteiger partial charge in [0.25, 0.3) is 5.91 Å². The molecule has 0 atom stereocenters. The molecule has 1 amide bonds. The minimum Gasteiger partial charge on any atom is -0.378 e. The maximum Gasteiger partial charge on any atom is 0.311 e. The minimum atomic E-state index is -0.387. The maximum absolute atomic E-state index is 12.2. The van der Waals surface area contributed by atoms with Crippen LogP contribution in [0, 0.1) is 10.1 Å². The zero-order valence-corrected chi connectivity index (χ0v) is 21.0. The van der Waals surface area contributed by atoms with E-state index < -0.39 is 0 Å². The van der Waals surface area contributed by atoms with Crippen molar-refractivity contribution < 1.29 is 14.5 Å². The van der Waals surface area contributed by atoms with Gasteiger partial charge in [-0.05, 0) is 23.8 Å². The van der Waals surface area contributed by atoms with Crippen molar-refractivity contribution in [2.45, 2.75) is 0 Å². The zero-order chi connectivity index (χ0) is 23.8. The highest BCUT2D eigenvalue weighted by Crippen LogP contribution is 2.40. The van der Waals surface area contributed by atoms with Crippen LogP contribution in [0.15, 0.2) is 42.9 Å². The van der Waals surface area contributed by atoms with Crippen molar-refractivity contribution >= 4 is 69.5 Å². The fourth-order valence-corrected chi connectivity index (χ4v) is 5.48.